The van der Waals surface area contributed by atoms with Crippen molar-refractivity contribution in [3.8, 4) is 0 Å². The summed E-state index contributed by atoms with van der Waals surface area (Å²) in [5.41, 5.74) is 4.76. The SMILES string of the molecule is O=C(CC1C(C(=O)c2ccccc2)=C(NCc2ccccc2)c2cccn21)c1ccccc1. The summed E-state index contributed by atoms with van der Waals surface area (Å²) < 4.78 is 2.05. The van der Waals surface area contributed by atoms with Gasteiger partial charge in [0.25, 0.3) is 0 Å². The van der Waals surface area contributed by atoms with Crippen LogP contribution < -0.4 is 5.32 Å². The Balaban J connectivity index is 1.55. The third kappa shape index (κ3) is 4.15. The van der Waals surface area contributed by atoms with Crippen LogP contribution in [0.1, 0.15) is 44.4 Å². The summed E-state index contributed by atoms with van der Waals surface area (Å²) in [4.78, 5) is 26.9. The maximum Gasteiger partial charge on any atom is 0.193 e. The average Bonchev–Trinajstić information content (AvgIpc) is 3.46. The van der Waals surface area contributed by atoms with Gasteiger partial charge < -0.3 is 9.88 Å². The average molecular weight is 433 g/mol. The summed E-state index contributed by atoms with van der Waals surface area (Å²) in [7, 11) is 0. The van der Waals surface area contributed by atoms with Crippen molar-refractivity contribution >= 4 is 17.3 Å². The molecule has 1 N–H and O–H groups in total. The number of carbonyl (C=O) groups is 2. The number of rotatable bonds is 8. The Labute approximate surface area is 193 Å². The number of fused-ring (bicyclic) bond motifs is 1. The second-order valence-electron chi connectivity index (χ2n) is 8.13. The van der Waals surface area contributed by atoms with Crippen LogP contribution in [-0.2, 0) is 6.54 Å². The molecule has 0 fully saturated rings. The summed E-state index contributed by atoms with van der Waals surface area (Å²) in [5, 5.41) is 3.51. The number of hydrogen-bond donors (Lipinski definition) is 1. The Morgan fingerprint density at radius 1 is 0.727 bits per heavy atom. The quantitative estimate of drug-likeness (QED) is 0.364. The predicted molar refractivity (Wildman–Crippen MR) is 130 cm³/mol. The highest BCUT2D eigenvalue weighted by atomic mass is 16.1. The third-order valence-corrected chi connectivity index (χ3v) is 6.04. The molecule has 1 aromatic heterocycles. The van der Waals surface area contributed by atoms with E-state index < -0.39 is 0 Å². The summed E-state index contributed by atoms with van der Waals surface area (Å²) in [5.74, 6) is -0.0383. The van der Waals surface area contributed by atoms with Crippen molar-refractivity contribution in [2.24, 2.45) is 0 Å². The fourth-order valence-corrected chi connectivity index (χ4v) is 4.42. The zero-order chi connectivity index (χ0) is 22.6. The van der Waals surface area contributed by atoms with Crippen LogP contribution in [0.25, 0.3) is 5.70 Å². The van der Waals surface area contributed by atoms with E-state index in [4.69, 9.17) is 0 Å². The van der Waals surface area contributed by atoms with Crippen LogP contribution in [-0.4, -0.2) is 16.1 Å². The van der Waals surface area contributed by atoms with Crippen LogP contribution in [0.15, 0.2) is 115 Å². The van der Waals surface area contributed by atoms with Crippen molar-refractivity contribution in [1.29, 1.82) is 0 Å². The Bertz CT molecular complexity index is 1310. The van der Waals surface area contributed by atoms with Crippen LogP contribution >= 0.6 is 0 Å². The molecule has 162 valence electrons. The third-order valence-electron chi connectivity index (χ3n) is 6.04. The molecule has 33 heavy (non-hydrogen) atoms. The Morgan fingerprint density at radius 3 is 2.00 bits per heavy atom. The minimum absolute atomic E-state index is 0.0166. The molecule has 0 spiro atoms. The highest BCUT2D eigenvalue weighted by molar-refractivity contribution is 6.15. The number of nitrogens with zero attached hydrogens (tertiary/aromatic N) is 1. The van der Waals surface area contributed by atoms with E-state index in [9.17, 15) is 9.59 Å². The lowest BCUT2D eigenvalue weighted by Gasteiger charge is -2.17. The van der Waals surface area contributed by atoms with Crippen molar-refractivity contribution < 1.29 is 9.59 Å². The molecule has 1 atom stereocenters. The van der Waals surface area contributed by atoms with E-state index in [-0.39, 0.29) is 24.0 Å². The van der Waals surface area contributed by atoms with Crippen LogP contribution in [0.3, 0.4) is 0 Å². The van der Waals surface area contributed by atoms with E-state index in [0.717, 1.165) is 17.0 Å². The first-order valence-corrected chi connectivity index (χ1v) is 11.1. The summed E-state index contributed by atoms with van der Waals surface area (Å²) in [6.07, 6.45) is 2.17. The lowest BCUT2D eigenvalue weighted by Crippen LogP contribution is -2.19. The van der Waals surface area contributed by atoms with Crippen molar-refractivity contribution in [1.82, 2.24) is 9.88 Å². The van der Waals surface area contributed by atoms with E-state index in [1.807, 2.05) is 102 Å². The highest BCUT2D eigenvalue weighted by Gasteiger charge is 2.36. The first-order chi connectivity index (χ1) is 16.2. The number of ketones is 2. The maximum absolute atomic E-state index is 13.7. The zero-order valence-corrected chi connectivity index (χ0v) is 18.1. The molecular weight excluding hydrogens is 408 g/mol. The largest absolute Gasteiger partial charge is 0.379 e. The molecule has 3 aromatic carbocycles. The lowest BCUT2D eigenvalue weighted by molar-refractivity contribution is 0.0962. The second kappa shape index (κ2) is 9.13. The zero-order valence-electron chi connectivity index (χ0n) is 18.1. The van der Waals surface area contributed by atoms with E-state index in [2.05, 4.69) is 17.4 Å². The summed E-state index contributed by atoms with van der Waals surface area (Å²) in [6.45, 7) is 0.590. The molecule has 0 amide bonds. The molecule has 0 saturated carbocycles. The van der Waals surface area contributed by atoms with E-state index >= 15 is 0 Å². The van der Waals surface area contributed by atoms with Gasteiger partial charge in [-0.1, -0.05) is 91.0 Å². The smallest absolute Gasteiger partial charge is 0.193 e. The Hall–Kier alpha value is -4.18. The molecule has 4 nitrogen and oxygen atoms in total. The molecule has 0 bridgehead atoms. The Kier molecular flexibility index (Phi) is 5.73. The van der Waals surface area contributed by atoms with Gasteiger partial charge in [0.05, 0.1) is 17.4 Å². The predicted octanol–water partition coefficient (Wildman–Crippen LogP) is 5.70. The van der Waals surface area contributed by atoms with E-state index in [1.165, 1.54) is 0 Å². The number of Topliss-reactive ketones (excluding diaryl/α,β-unsaturated/α-hetero) is 2. The maximum atomic E-state index is 13.7. The number of carbonyl (C=O) groups excluding carboxylic acids is 2. The molecule has 0 saturated heterocycles. The summed E-state index contributed by atoms with van der Waals surface area (Å²) in [6, 6.07) is 32.2. The van der Waals surface area contributed by atoms with Crippen LogP contribution in [0, 0.1) is 0 Å². The monoisotopic (exact) mass is 432 g/mol. The molecule has 4 aromatic rings. The van der Waals surface area contributed by atoms with Gasteiger partial charge in [0.2, 0.25) is 0 Å². The Morgan fingerprint density at radius 2 is 1.33 bits per heavy atom. The van der Waals surface area contributed by atoms with Gasteiger partial charge in [-0.2, -0.15) is 0 Å². The first-order valence-electron chi connectivity index (χ1n) is 11.1. The molecule has 4 heteroatoms. The topological polar surface area (TPSA) is 51.1 Å². The standard InChI is InChI=1S/C29H24N2O2/c32-26(22-13-6-2-7-14-22)19-25-27(29(33)23-15-8-3-9-16-23)28(24-17-10-18-31(24)25)30-20-21-11-4-1-5-12-21/h1-18,25,30H,19-20H2. The number of allylic oxidation sites excluding steroid dienone is 1. The fraction of sp³-hybridized carbons (Fsp3) is 0.103. The minimum Gasteiger partial charge on any atom is -0.379 e. The van der Waals surface area contributed by atoms with Gasteiger partial charge in [-0.3, -0.25) is 9.59 Å². The fourth-order valence-electron chi connectivity index (χ4n) is 4.42. The number of hydrogen-bond acceptors (Lipinski definition) is 3. The van der Waals surface area contributed by atoms with Crippen LogP contribution in [0.4, 0.5) is 0 Å². The molecular formula is C29H24N2O2. The van der Waals surface area contributed by atoms with Gasteiger partial charge in [0, 0.05) is 35.9 Å². The van der Waals surface area contributed by atoms with Gasteiger partial charge >= 0.3 is 0 Å². The number of aromatic nitrogens is 1. The van der Waals surface area contributed by atoms with Gasteiger partial charge in [0.15, 0.2) is 11.6 Å². The molecule has 1 unspecified atom stereocenters. The second-order valence-corrected chi connectivity index (χ2v) is 8.13. The molecule has 1 aliphatic rings. The van der Waals surface area contributed by atoms with Crippen molar-refractivity contribution in [3.05, 3.63) is 137 Å². The lowest BCUT2D eigenvalue weighted by atomic mass is 9.92. The molecule has 5 rings (SSSR count). The molecule has 1 aliphatic heterocycles. The normalized spacial score (nSPS) is 14.7. The van der Waals surface area contributed by atoms with Crippen molar-refractivity contribution in [3.63, 3.8) is 0 Å². The highest BCUT2D eigenvalue weighted by Crippen LogP contribution is 2.40. The summed E-state index contributed by atoms with van der Waals surface area (Å²) >= 11 is 0. The number of nitrogens with one attached hydrogen (secondary N) is 1. The van der Waals surface area contributed by atoms with Crippen LogP contribution in [0.5, 0.6) is 0 Å². The molecule has 0 radical (unpaired) electrons. The van der Waals surface area contributed by atoms with Crippen molar-refractivity contribution in [2.45, 2.75) is 19.0 Å². The van der Waals surface area contributed by atoms with Gasteiger partial charge in [-0.15, -0.1) is 0 Å². The number of benzene rings is 3. The molecule has 2 heterocycles. The molecule has 0 aliphatic carbocycles. The van der Waals surface area contributed by atoms with E-state index in [0.29, 0.717) is 23.2 Å². The van der Waals surface area contributed by atoms with Gasteiger partial charge in [-0.25, -0.2) is 0 Å². The van der Waals surface area contributed by atoms with Gasteiger partial charge in [-0.05, 0) is 17.7 Å². The van der Waals surface area contributed by atoms with Gasteiger partial charge in [0.1, 0.15) is 0 Å². The van der Waals surface area contributed by atoms with E-state index in [1.54, 1.807) is 0 Å². The first kappa shape index (κ1) is 20.7. The minimum atomic E-state index is -0.367. The van der Waals surface area contributed by atoms with Crippen LogP contribution in [0.2, 0.25) is 0 Å². The van der Waals surface area contributed by atoms with Crippen molar-refractivity contribution in [2.75, 3.05) is 0 Å².